The maximum absolute atomic E-state index is 4.93. The number of halogens is 1. The highest BCUT2D eigenvalue weighted by Crippen LogP contribution is 2.30. The Balaban J connectivity index is 2.04. The zero-order valence-electron chi connectivity index (χ0n) is 12.1. The summed E-state index contributed by atoms with van der Waals surface area (Å²) in [4.78, 5) is 7.41. The average Bonchev–Trinajstić information content (AvgIpc) is 2.44. The Morgan fingerprint density at radius 2 is 1.90 bits per heavy atom. The summed E-state index contributed by atoms with van der Waals surface area (Å²) in [6, 6.07) is 10.7. The van der Waals surface area contributed by atoms with Crippen LogP contribution in [0, 0.1) is 11.8 Å². The van der Waals surface area contributed by atoms with Gasteiger partial charge >= 0.3 is 0 Å². The summed E-state index contributed by atoms with van der Waals surface area (Å²) in [5, 5.41) is 2.09. The molecule has 1 saturated heterocycles. The molecule has 1 fully saturated rings. The highest BCUT2D eigenvalue weighted by atomic mass is 79.9. The van der Waals surface area contributed by atoms with Gasteiger partial charge in [-0.3, -0.25) is 0 Å². The molecule has 0 aliphatic carbocycles. The molecule has 2 nitrogen and oxygen atoms in total. The number of piperidine rings is 1. The number of fused-ring (bicyclic) bond motifs is 1. The van der Waals surface area contributed by atoms with Crippen LogP contribution in [0.15, 0.2) is 30.3 Å². The maximum Gasteiger partial charge on any atom is 0.133 e. The normalized spacial score (nSPS) is 23.2. The molecule has 3 rings (SSSR count). The Hall–Kier alpha value is -1.09. The summed E-state index contributed by atoms with van der Waals surface area (Å²) >= 11 is 3.62. The minimum Gasteiger partial charge on any atom is -0.356 e. The zero-order valence-corrected chi connectivity index (χ0v) is 13.7. The number of hydrogen-bond acceptors (Lipinski definition) is 2. The predicted octanol–water partition coefficient (Wildman–Crippen LogP) is 4.61. The molecule has 2 atom stereocenters. The molecule has 3 heteroatoms. The minimum absolute atomic E-state index is 0.746. The average molecular weight is 333 g/mol. The molecule has 0 amide bonds. The topological polar surface area (TPSA) is 16.1 Å². The number of aromatic nitrogens is 1. The molecule has 1 aliphatic heterocycles. The highest BCUT2D eigenvalue weighted by molar-refractivity contribution is 9.08. The summed E-state index contributed by atoms with van der Waals surface area (Å²) in [6.45, 7) is 6.93. The Bertz CT molecular complexity index is 601. The van der Waals surface area contributed by atoms with Crippen LogP contribution in [-0.4, -0.2) is 18.1 Å². The fourth-order valence-electron chi connectivity index (χ4n) is 3.36. The van der Waals surface area contributed by atoms with E-state index < -0.39 is 0 Å². The van der Waals surface area contributed by atoms with Gasteiger partial charge in [-0.15, -0.1) is 0 Å². The second-order valence-electron chi connectivity index (χ2n) is 6.15. The number of anilines is 1. The molecule has 0 saturated carbocycles. The molecule has 0 radical (unpaired) electrons. The lowest BCUT2D eigenvalue weighted by Gasteiger charge is -2.36. The molecular formula is C17H21BrN2. The third-order valence-electron chi connectivity index (χ3n) is 4.09. The van der Waals surface area contributed by atoms with Crippen molar-refractivity contribution in [2.45, 2.75) is 25.6 Å². The van der Waals surface area contributed by atoms with Gasteiger partial charge in [0.15, 0.2) is 0 Å². The van der Waals surface area contributed by atoms with E-state index in [2.05, 4.69) is 65.0 Å². The molecule has 20 heavy (non-hydrogen) atoms. The van der Waals surface area contributed by atoms with Gasteiger partial charge in [0, 0.05) is 29.4 Å². The van der Waals surface area contributed by atoms with E-state index in [1.54, 1.807) is 0 Å². The Morgan fingerprint density at radius 3 is 2.60 bits per heavy atom. The van der Waals surface area contributed by atoms with Crippen molar-refractivity contribution in [1.82, 2.24) is 4.98 Å². The van der Waals surface area contributed by atoms with Gasteiger partial charge in [-0.05, 0) is 30.4 Å². The fraction of sp³-hybridized carbons (Fsp3) is 0.471. The van der Waals surface area contributed by atoms with Gasteiger partial charge < -0.3 is 4.90 Å². The van der Waals surface area contributed by atoms with Crippen molar-refractivity contribution in [3.63, 3.8) is 0 Å². The third-order valence-corrected chi connectivity index (χ3v) is 4.70. The molecular weight excluding hydrogens is 312 g/mol. The van der Waals surface area contributed by atoms with Gasteiger partial charge in [-0.1, -0.05) is 48.0 Å². The standard InChI is InChI=1S/C17H21BrN2/c1-12-7-13(2)11-20(10-12)17-15(9-18)8-14-5-3-4-6-16(14)19-17/h3-6,8,12-13H,7,9-11H2,1-2H3. The van der Waals surface area contributed by atoms with E-state index in [1.807, 2.05) is 0 Å². The molecule has 106 valence electrons. The van der Waals surface area contributed by atoms with Crippen LogP contribution in [0.5, 0.6) is 0 Å². The lowest BCUT2D eigenvalue weighted by Crippen LogP contribution is -2.39. The smallest absolute Gasteiger partial charge is 0.133 e. The molecule has 1 aromatic heterocycles. The van der Waals surface area contributed by atoms with Crippen molar-refractivity contribution < 1.29 is 0 Å². The number of nitrogens with zero attached hydrogens (tertiary/aromatic N) is 2. The second-order valence-corrected chi connectivity index (χ2v) is 6.71. The zero-order chi connectivity index (χ0) is 14.1. The quantitative estimate of drug-likeness (QED) is 0.746. The van der Waals surface area contributed by atoms with Crippen LogP contribution < -0.4 is 4.90 Å². The van der Waals surface area contributed by atoms with Crippen LogP contribution in [-0.2, 0) is 5.33 Å². The van der Waals surface area contributed by atoms with Crippen LogP contribution in [0.25, 0.3) is 10.9 Å². The van der Waals surface area contributed by atoms with Crippen molar-refractivity contribution in [3.05, 3.63) is 35.9 Å². The molecule has 2 aromatic rings. The maximum atomic E-state index is 4.93. The van der Waals surface area contributed by atoms with Gasteiger partial charge in [0.25, 0.3) is 0 Å². The SMILES string of the molecule is CC1CC(C)CN(c2nc3ccccc3cc2CBr)C1. The van der Waals surface area contributed by atoms with E-state index in [4.69, 9.17) is 4.98 Å². The number of hydrogen-bond donors (Lipinski definition) is 0. The van der Waals surface area contributed by atoms with Gasteiger partial charge in [0.05, 0.1) is 5.52 Å². The van der Waals surface area contributed by atoms with E-state index in [9.17, 15) is 0 Å². The number of rotatable bonds is 2. The van der Waals surface area contributed by atoms with E-state index in [0.717, 1.165) is 35.8 Å². The molecule has 2 heterocycles. The van der Waals surface area contributed by atoms with Gasteiger partial charge in [0.1, 0.15) is 5.82 Å². The third kappa shape index (κ3) is 2.69. The van der Waals surface area contributed by atoms with Crippen molar-refractivity contribution in [2.75, 3.05) is 18.0 Å². The van der Waals surface area contributed by atoms with Crippen LogP contribution in [0.3, 0.4) is 0 Å². The first-order valence-electron chi connectivity index (χ1n) is 7.37. The largest absolute Gasteiger partial charge is 0.356 e. The first-order chi connectivity index (χ1) is 9.67. The first kappa shape index (κ1) is 13.9. The summed E-state index contributed by atoms with van der Waals surface area (Å²) in [7, 11) is 0. The lowest BCUT2D eigenvalue weighted by atomic mass is 9.91. The van der Waals surface area contributed by atoms with Crippen LogP contribution in [0.2, 0.25) is 0 Å². The number of alkyl halides is 1. The monoisotopic (exact) mass is 332 g/mol. The fourth-order valence-corrected chi connectivity index (χ4v) is 3.77. The Kier molecular flexibility index (Phi) is 3.97. The Labute approximate surface area is 129 Å². The molecule has 0 bridgehead atoms. The van der Waals surface area contributed by atoms with E-state index in [1.165, 1.54) is 23.2 Å². The summed E-state index contributed by atoms with van der Waals surface area (Å²) in [6.07, 6.45) is 1.33. The van der Waals surface area contributed by atoms with Gasteiger partial charge in [-0.25, -0.2) is 4.98 Å². The van der Waals surface area contributed by atoms with Gasteiger partial charge in [-0.2, -0.15) is 0 Å². The second kappa shape index (κ2) is 5.72. The predicted molar refractivity (Wildman–Crippen MR) is 89.5 cm³/mol. The molecule has 1 aliphatic rings. The number of para-hydroxylation sites is 1. The van der Waals surface area contributed by atoms with Crippen LogP contribution in [0.4, 0.5) is 5.82 Å². The highest BCUT2D eigenvalue weighted by Gasteiger charge is 2.24. The van der Waals surface area contributed by atoms with Crippen molar-refractivity contribution in [3.8, 4) is 0 Å². The van der Waals surface area contributed by atoms with Gasteiger partial charge in [0.2, 0.25) is 0 Å². The van der Waals surface area contributed by atoms with Crippen molar-refractivity contribution in [2.24, 2.45) is 11.8 Å². The first-order valence-corrected chi connectivity index (χ1v) is 8.49. The van der Waals surface area contributed by atoms with E-state index in [0.29, 0.717) is 0 Å². The minimum atomic E-state index is 0.746. The van der Waals surface area contributed by atoms with E-state index >= 15 is 0 Å². The molecule has 2 unspecified atom stereocenters. The van der Waals surface area contributed by atoms with Crippen molar-refractivity contribution in [1.29, 1.82) is 0 Å². The number of benzene rings is 1. The molecule has 0 spiro atoms. The van der Waals surface area contributed by atoms with Crippen LogP contribution >= 0.6 is 15.9 Å². The lowest BCUT2D eigenvalue weighted by molar-refractivity contribution is 0.355. The molecule has 0 N–H and O–H groups in total. The molecule has 1 aromatic carbocycles. The summed E-state index contributed by atoms with van der Waals surface area (Å²) in [5.41, 5.74) is 2.39. The Morgan fingerprint density at radius 1 is 1.20 bits per heavy atom. The van der Waals surface area contributed by atoms with Crippen molar-refractivity contribution >= 4 is 32.7 Å². The summed E-state index contributed by atoms with van der Waals surface area (Å²) < 4.78 is 0. The van der Waals surface area contributed by atoms with Crippen LogP contribution in [0.1, 0.15) is 25.8 Å². The van der Waals surface area contributed by atoms with E-state index in [-0.39, 0.29) is 0 Å². The summed E-state index contributed by atoms with van der Waals surface area (Å²) in [5.74, 6) is 2.66. The number of pyridine rings is 1.